The normalized spacial score (nSPS) is 18.4. The summed E-state index contributed by atoms with van der Waals surface area (Å²) in [7, 11) is 3.67. The Morgan fingerprint density at radius 2 is 1.79 bits per heavy atom. The number of rotatable bonds is 12. The van der Waals surface area contributed by atoms with Crippen LogP contribution in [0.4, 0.5) is 13.6 Å². The number of carbonyl (C=O) groups is 1. The molecule has 1 amide bonds. The van der Waals surface area contributed by atoms with Crippen LogP contribution in [-0.2, 0) is 33.7 Å². The average Bonchev–Trinajstić information content (AvgIpc) is 3.30. The number of hydrogen-bond acceptors (Lipinski definition) is 6. The number of hydrogen-bond donors (Lipinski definition) is 0. The smallest absolute Gasteiger partial charge is 0.410 e. The van der Waals surface area contributed by atoms with Crippen molar-refractivity contribution < 1.29 is 27.8 Å². The number of amides is 1. The highest BCUT2D eigenvalue weighted by Gasteiger charge is 2.42. The van der Waals surface area contributed by atoms with Crippen LogP contribution >= 0.6 is 0 Å². The lowest BCUT2D eigenvalue weighted by Gasteiger charge is -2.36. The molecule has 0 bridgehead atoms. The van der Waals surface area contributed by atoms with Crippen molar-refractivity contribution in [2.75, 3.05) is 53.6 Å². The van der Waals surface area contributed by atoms with E-state index < -0.39 is 11.5 Å². The van der Waals surface area contributed by atoms with Gasteiger partial charge in [-0.3, -0.25) is 9.58 Å². The molecule has 0 saturated heterocycles. The first-order valence-corrected chi connectivity index (χ1v) is 13.7. The van der Waals surface area contributed by atoms with Crippen molar-refractivity contribution in [1.82, 2.24) is 19.6 Å². The Labute approximate surface area is 226 Å². The maximum atomic E-state index is 14.3. The van der Waals surface area contributed by atoms with Crippen molar-refractivity contribution in [2.24, 2.45) is 5.41 Å². The second-order valence-electron chi connectivity index (χ2n) is 11.8. The van der Waals surface area contributed by atoms with Gasteiger partial charge < -0.3 is 19.1 Å². The second kappa shape index (κ2) is 12.4. The molecule has 8 nitrogen and oxygen atoms in total. The van der Waals surface area contributed by atoms with Gasteiger partial charge in [0, 0.05) is 50.9 Å². The van der Waals surface area contributed by atoms with Crippen molar-refractivity contribution in [3.05, 3.63) is 23.0 Å². The first-order valence-electron chi connectivity index (χ1n) is 13.7. The summed E-state index contributed by atoms with van der Waals surface area (Å²) in [5.74, 6) is -2.78. The van der Waals surface area contributed by atoms with Gasteiger partial charge in [-0.05, 0) is 66.5 Å². The monoisotopic (exact) mass is 540 g/mol. The van der Waals surface area contributed by atoms with Crippen molar-refractivity contribution in [2.45, 2.75) is 84.9 Å². The zero-order chi connectivity index (χ0) is 28.1. The molecule has 0 fully saturated rings. The molecule has 2 heterocycles. The van der Waals surface area contributed by atoms with Gasteiger partial charge in [0.25, 0.3) is 5.92 Å². The lowest BCUT2D eigenvalue weighted by molar-refractivity contribution is -0.0210. The van der Waals surface area contributed by atoms with Crippen LogP contribution in [0.2, 0.25) is 0 Å². The van der Waals surface area contributed by atoms with Crippen LogP contribution in [-0.4, -0.2) is 90.8 Å². The number of likely N-dealkylation sites (N-methyl/N-ethyl adjacent to an activating group) is 2. The molecular weight excluding hydrogens is 494 g/mol. The Morgan fingerprint density at radius 3 is 2.34 bits per heavy atom. The van der Waals surface area contributed by atoms with Gasteiger partial charge in [0.1, 0.15) is 12.1 Å². The topological polar surface area (TPSA) is 69.1 Å². The van der Waals surface area contributed by atoms with E-state index in [9.17, 15) is 13.6 Å². The highest BCUT2D eigenvalue weighted by Crippen LogP contribution is 2.43. The zero-order valence-electron chi connectivity index (χ0n) is 24.2. The van der Waals surface area contributed by atoms with E-state index in [4.69, 9.17) is 14.2 Å². The van der Waals surface area contributed by atoms with E-state index in [1.165, 1.54) is 4.68 Å². The van der Waals surface area contributed by atoms with E-state index in [1.54, 1.807) is 11.9 Å². The quantitative estimate of drug-likeness (QED) is 0.372. The van der Waals surface area contributed by atoms with Gasteiger partial charge in [-0.25, -0.2) is 13.6 Å². The third-order valence-corrected chi connectivity index (χ3v) is 7.13. The Kier molecular flexibility index (Phi) is 9.97. The summed E-state index contributed by atoms with van der Waals surface area (Å²) >= 11 is 0. The summed E-state index contributed by atoms with van der Waals surface area (Å²) in [5, 5.41) is 4.65. The molecule has 0 atom stereocenters. The van der Waals surface area contributed by atoms with E-state index in [0.29, 0.717) is 51.8 Å². The molecule has 0 N–H and O–H groups in total. The fourth-order valence-electron chi connectivity index (χ4n) is 5.06. The molecule has 3 rings (SSSR count). The Balaban J connectivity index is 1.76. The molecule has 0 unspecified atom stereocenters. The first-order chi connectivity index (χ1) is 17.8. The summed E-state index contributed by atoms with van der Waals surface area (Å²) in [6, 6.07) is 0. The average molecular weight is 541 g/mol. The number of carbonyl (C=O) groups excluding carboxylic acids is 1. The first kappa shape index (κ1) is 30.5. The third kappa shape index (κ3) is 7.99. The molecular formula is C28H46F2N4O4. The van der Waals surface area contributed by atoms with Gasteiger partial charge in [0.2, 0.25) is 0 Å². The highest BCUT2D eigenvalue weighted by molar-refractivity contribution is 5.71. The summed E-state index contributed by atoms with van der Waals surface area (Å²) in [4.78, 5) is 15.9. The third-order valence-electron chi connectivity index (χ3n) is 7.13. The van der Waals surface area contributed by atoms with E-state index >= 15 is 0 Å². The minimum absolute atomic E-state index is 0.0982. The van der Waals surface area contributed by atoms with Gasteiger partial charge in [-0.2, -0.15) is 5.10 Å². The zero-order valence-corrected chi connectivity index (χ0v) is 24.2. The lowest BCUT2D eigenvalue weighted by atomic mass is 9.74. The molecule has 1 aliphatic carbocycles. The van der Waals surface area contributed by atoms with E-state index in [1.807, 2.05) is 41.7 Å². The number of allylic oxidation sites excluding steroid dienone is 2. The summed E-state index contributed by atoms with van der Waals surface area (Å²) < 4.78 is 47.2. The number of nitrogens with zero attached hydrogens (tertiary/aromatic N) is 4. The van der Waals surface area contributed by atoms with Crippen molar-refractivity contribution in [3.8, 4) is 0 Å². The van der Waals surface area contributed by atoms with Crippen molar-refractivity contribution in [3.63, 3.8) is 0 Å². The van der Waals surface area contributed by atoms with Crippen LogP contribution < -0.4 is 0 Å². The summed E-state index contributed by atoms with van der Waals surface area (Å²) in [5.41, 5.74) is 2.74. The van der Waals surface area contributed by atoms with Crippen molar-refractivity contribution in [1.29, 1.82) is 0 Å². The number of alkyl halides is 2. The summed E-state index contributed by atoms with van der Waals surface area (Å²) in [6.07, 6.45) is 3.94. The Hall–Kier alpha value is -2.04. The van der Waals surface area contributed by atoms with E-state index in [-0.39, 0.29) is 24.5 Å². The highest BCUT2D eigenvalue weighted by atomic mass is 19.3. The number of ether oxygens (including phenoxy) is 3. The Morgan fingerprint density at radius 1 is 1.13 bits per heavy atom. The van der Waals surface area contributed by atoms with Crippen LogP contribution in [0.1, 0.15) is 70.8 Å². The maximum absolute atomic E-state index is 14.3. The largest absolute Gasteiger partial charge is 0.444 e. The van der Waals surface area contributed by atoms with Crippen LogP contribution in [0, 0.1) is 5.41 Å². The predicted octanol–water partition coefficient (Wildman–Crippen LogP) is 5.00. The fraction of sp³-hybridized carbons (Fsp3) is 0.786. The van der Waals surface area contributed by atoms with E-state index in [0.717, 1.165) is 36.1 Å². The van der Waals surface area contributed by atoms with Gasteiger partial charge >= 0.3 is 6.09 Å². The van der Waals surface area contributed by atoms with Gasteiger partial charge in [-0.1, -0.05) is 6.08 Å². The minimum atomic E-state index is -2.78. The van der Waals surface area contributed by atoms with Crippen LogP contribution in [0.15, 0.2) is 6.08 Å². The van der Waals surface area contributed by atoms with Gasteiger partial charge in [-0.15, -0.1) is 0 Å². The van der Waals surface area contributed by atoms with Crippen molar-refractivity contribution >= 4 is 11.7 Å². The van der Waals surface area contributed by atoms with Crippen LogP contribution in [0.3, 0.4) is 0 Å². The SMILES string of the molecule is CCOCC1(COCC)CC=C(c2c(CN(C)CCN(C)C(=O)OC(C)(C)C)nn3c2CC(F)(F)C3)CC1. The standard InChI is InChI=1S/C28H46F2N4O4/c1-8-36-19-27(20-37-9-2)12-10-21(11-13-27)24-22(31-34-18-28(29,30)16-23(24)34)17-32(6)14-15-33(7)25(35)38-26(3,4)5/h10H,8-9,11-20H2,1-7H3. The van der Waals surface area contributed by atoms with Crippen LogP contribution in [0.25, 0.3) is 5.57 Å². The second-order valence-corrected chi connectivity index (χ2v) is 11.8. The number of fused-ring (bicyclic) bond motifs is 1. The molecule has 38 heavy (non-hydrogen) atoms. The number of halogens is 2. The lowest BCUT2D eigenvalue weighted by Crippen LogP contribution is -2.38. The minimum Gasteiger partial charge on any atom is -0.444 e. The van der Waals surface area contributed by atoms with Gasteiger partial charge in [0.15, 0.2) is 0 Å². The molecule has 216 valence electrons. The molecule has 1 aliphatic heterocycles. The molecule has 0 aromatic carbocycles. The van der Waals surface area contributed by atoms with E-state index in [2.05, 4.69) is 16.1 Å². The predicted molar refractivity (Wildman–Crippen MR) is 143 cm³/mol. The fourth-order valence-corrected chi connectivity index (χ4v) is 5.06. The molecule has 0 spiro atoms. The molecule has 1 aromatic heterocycles. The summed E-state index contributed by atoms with van der Waals surface area (Å²) in [6.45, 7) is 13.2. The van der Waals surface area contributed by atoms with Crippen LogP contribution in [0.5, 0.6) is 0 Å². The van der Waals surface area contributed by atoms with Gasteiger partial charge in [0.05, 0.1) is 31.0 Å². The molecule has 0 saturated carbocycles. The molecule has 10 heteroatoms. The maximum Gasteiger partial charge on any atom is 0.410 e. The molecule has 1 aromatic rings. The Bertz CT molecular complexity index is 978. The number of aromatic nitrogens is 2. The molecule has 2 aliphatic rings. The molecule has 0 radical (unpaired) electrons.